The molecule has 1 rings (SSSR count). The van der Waals surface area contributed by atoms with Crippen molar-refractivity contribution in [3.8, 4) is 0 Å². The molecule has 1 aliphatic heterocycles. The molecular weight excluding hydrogens is 202 g/mol. The van der Waals surface area contributed by atoms with Gasteiger partial charge in [-0.1, -0.05) is 6.92 Å². The molecule has 0 saturated carbocycles. The molecule has 0 aliphatic carbocycles. The van der Waals surface area contributed by atoms with Crippen LogP contribution in [0.4, 0.5) is 0 Å². The zero-order valence-corrected chi connectivity index (χ0v) is 11.2. The largest absolute Gasteiger partial charge is 0.381 e. The average Bonchev–Trinajstić information content (AvgIpc) is 2.24. The lowest BCUT2D eigenvalue weighted by Crippen LogP contribution is -2.43. The first-order valence-electron chi connectivity index (χ1n) is 6.48. The number of hydrogen-bond donors (Lipinski definition) is 1. The summed E-state index contributed by atoms with van der Waals surface area (Å²) in [5.74, 6) is 0.705. The third-order valence-electron chi connectivity index (χ3n) is 3.00. The van der Waals surface area contributed by atoms with Crippen molar-refractivity contribution in [3.05, 3.63) is 0 Å². The number of ether oxygens (including phenoxy) is 2. The van der Waals surface area contributed by atoms with E-state index in [4.69, 9.17) is 9.47 Å². The van der Waals surface area contributed by atoms with Crippen LogP contribution in [0.5, 0.6) is 0 Å². The summed E-state index contributed by atoms with van der Waals surface area (Å²) in [5.41, 5.74) is -0.0428. The van der Waals surface area contributed by atoms with Crippen LogP contribution in [-0.2, 0) is 9.47 Å². The van der Waals surface area contributed by atoms with E-state index in [9.17, 15) is 0 Å². The standard InChI is InChI=1S/C13H27NO2/c1-5-14-12(10-16-13(2,3)4)11-6-8-15-9-7-11/h11-12,14H,5-10H2,1-4H3. The molecule has 0 bridgehead atoms. The number of hydrogen-bond acceptors (Lipinski definition) is 3. The Labute approximate surface area is 99.9 Å². The van der Waals surface area contributed by atoms with Gasteiger partial charge in [-0.15, -0.1) is 0 Å². The summed E-state index contributed by atoms with van der Waals surface area (Å²) in [6.07, 6.45) is 2.32. The fourth-order valence-corrected chi connectivity index (χ4v) is 2.08. The Morgan fingerprint density at radius 2 is 1.94 bits per heavy atom. The van der Waals surface area contributed by atoms with Crippen LogP contribution in [0.2, 0.25) is 0 Å². The van der Waals surface area contributed by atoms with Gasteiger partial charge in [0.1, 0.15) is 0 Å². The van der Waals surface area contributed by atoms with E-state index in [1.807, 2.05) is 0 Å². The van der Waals surface area contributed by atoms with Crippen LogP contribution in [0.25, 0.3) is 0 Å². The normalized spacial score (nSPS) is 21.0. The second-order valence-corrected chi connectivity index (χ2v) is 5.54. The van der Waals surface area contributed by atoms with E-state index in [0.29, 0.717) is 12.0 Å². The van der Waals surface area contributed by atoms with Crippen molar-refractivity contribution in [2.45, 2.75) is 52.2 Å². The molecule has 1 unspecified atom stereocenters. The second-order valence-electron chi connectivity index (χ2n) is 5.54. The number of likely N-dealkylation sites (N-methyl/N-ethyl adjacent to an activating group) is 1. The summed E-state index contributed by atoms with van der Waals surface area (Å²) in [6.45, 7) is 12.1. The molecule has 3 heteroatoms. The van der Waals surface area contributed by atoms with Crippen LogP contribution in [0, 0.1) is 5.92 Å². The Bertz CT molecular complexity index is 183. The Morgan fingerprint density at radius 3 is 2.44 bits per heavy atom. The van der Waals surface area contributed by atoms with Gasteiger partial charge in [-0.05, 0) is 46.1 Å². The van der Waals surface area contributed by atoms with Crippen LogP contribution in [-0.4, -0.2) is 38.0 Å². The molecule has 1 N–H and O–H groups in total. The summed E-state index contributed by atoms with van der Waals surface area (Å²) < 4.78 is 11.3. The molecule has 0 aromatic heterocycles. The lowest BCUT2D eigenvalue weighted by molar-refractivity contribution is -0.0335. The van der Waals surface area contributed by atoms with Crippen molar-refractivity contribution in [2.24, 2.45) is 5.92 Å². The molecule has 0 aromatic carbocycles. The molecule has 0 spiro atoms. The minimum Gasteiger partial charge on any atom is -0.381 e. The van der Waals surface area contributed by atoms with E-state index in [1.165, 1.54) is 0 Å². The van der Waals surface area contributed by atoms with Gasteiger partial charge in [0.2, 0.25) is 0 Å². The molecule has 1 heterocycles. The Balaban J connectivity index is 2.39. The molecule has 0 amide bonds. The summed E-state index contributed by atoms with van der Waals surface area (Å²) >= 11 is 0. The molecule has 16 heavy (non-hydrogen) atoms. The molecule has 1 fully saturated rings. The van der Waals surface area contributed by atoms with Gasteiger partial charge in [-0.2, -0.15) is 0 Å². The summed E-state index contributed by atoms with van der Waals surface area (Å²) in [6, 6.07) is 0.480. The zero-order chi connectivity index (χ0) is 12.0. The highest BCUT2D eigenvalue weighted by Crippen LogP contribution is 2.20. The van der Waals surface area contributed by atoms with E-state index >= 15 is 0 Å². The van der Waals surface area contributed by atoms with E-state index in [2.05, 4.69) is 33.0 Å². The smallest absolute Gasteiger partial charge is 0.0629 e. The third-order valence-corrected chi connectivity index (χ3v) is 3.00. The number of nitrogens with one attached hydrogen (secondary N) is 1. The lowest BCUT2D eigenvalue weighted by Gasteiger charge is -2.33. The van der Waals surface area contributed by atoms with Crippen molar-refractivity contribution < 1.29 is 9.47 Å². The molecule has 1 saturated heterocycles. The summed E-state index contributed by atoms with van der Waals surface area (Å²) in [4.78, 5) is 0. The minimum absolute atomic E-state index is 0.0428. The molecule has 96 valence electrons. The van der Waals surface area contributed by atoms with Gasteiger partial charge >= 0.3 is 0 Å². The lowest BCUT2D eigenvalue weighted by atomic mass is 9.92. The molecule has 0 aromatic rings. The van der Waals surface area contributed by atoms with Gasteiger partial charge in [0.15, 0.2) is 0 Å². The van der Waals surface area contributed by atoms with Gasteiger partial charge in [0, 0.05) is 19.3 Å². The maximum atomic E-state index is 5.89. The van der Waals surface area contributed by atoms with Gasteiger partial charge in [-0.3, -0.25) is 0 Å². The zero-order valence-electron chi connectivity index (χ0n) is 11.2. The predicted octanol–water partition coefficient (Wildman–Crippen LogP) is 2.21. The van der Waals surface area contributed by atoms with Gasteiger partial charge in [0.25, 0.3) is 0 Å². The molecular formula is C13H27NO2. The van der Waals surface area contributed by atoms with Gasteiger partial charge < -0.3 is 14.8 Å². The fraction of sp³-hybridized carbons (Fsp3) is 1.00. The highest BCUT2D eigenvalue weighted by atomic mass is 16.5. The fourth-order valence-electron chi connectivity index (χ4n) is 2.08. The van der Waals surface area contributed by atoms with Crippen molar-refractivity contribution in [2.75, 3.05) is 26.4 Å². The molecule has 0 radical (unpaired) electrons. The topological polar surface area (TPSA) is 30.5 Å². The van der Waals surface area contributed by atoms with Crippen molar-refractivity contribution in [1.29, 1.82) is 0 Å². The Morgan fingerprint density at radius 1 is 1.31 bits per heavy atom. The molecule has 3 nitrogen and oxygen atoms in total. The highest BCUT2D eigenvalue weighted by molar-refractivity contribution is 4.79. The first kappa shape index (κ1) is 13.9. The first-order chi connectivity index (χ1) is 7.53. The quantitative estimate of drug-likeness (QED) is 0.784. The Kier molecular flexibility index (Phi) is 5.73. The van der Waals surface area contributed by atoms with E-state index in [1.54, 1.807) is 0 Å². The van der Waals surface area contributed by atoms with Gasteiger partial charge in [0.05, 0.1) is 12.2 Å². The maximum absolute atomic E-state index is 5.89. The minimum atomic E-state index is -0.0428. The van der Waals surface area contributed by atoms with Crippen molar-refractivity contribution in [3.63, 3.8) is 0 Å². The van der Waals surface area contributed by atoms with Crippen LogP contribution >= 0.6 is 0 Å². The van der Waals surface area contributed by atoms with Crippen molar-refractivity contribution in [1.82, 2.24) is 5.32 Å². The maximum Gasteiger partial charge on any atom is 0.0629 e. The first-order valence-corrected chi connectivity index (χ1v) is 6.48. The third kappa shape index (κ3) is 5.28. The SMILES string of the molecule is CCNC(COC(C)(C)C)C1CCOCC1. The summed E-state index contributed by atoms with van der Waals surface area (Å²) in [7, 11) is 0. The van der Waals surface area contributed by atoms with Crippen LogP contribution in [0.1, 0.15) is 40.5 Å². The van der Waals surface area contributed by atoms with Crippen molar-refractivity contribution >= 4 is 0 Å². The summed E-state index contributed by atoms with van der Waals surface area (Å²) in [5, 5.41) is 3.54. The monoisotopic (exact) mass is 229 g/mol. The highest BCUT2D eigenvalue weighted by Gasteiger charge is 2.25. The Hall–Kier alpha value is -0.120. The van der Waals surface area contributed by atoms with E-state index in [-0.39, 0.29) is 5.60 Å². The van der Waals surface area contributed by atoms with Crippen LogP contribution in [0.15, 0.2) is 0 Å². The predicted molar refractivity (Wildman–Crippen MR) is 66.7 cm³/mol. The second kappa shape index (κ2) is 6.58. The van der Waals surface area contributed by atoms with Crippen LogP contribution < -0.4 is 5.32 Å². The molecule has 1 atom stereocenters. The number of rotatable bonds is 5. The van der Waals surface area contributed by atoms with Crippen LogP contribution in [0.3, 0.4) is 0 Å². The van der Waals surface area contributed by atoms with Gasteiger partial charge in [-0.25, -0.2) is 0 Å². The molecule has 1 aliphatic rings. The van der Waals surface area contributed by atoms with E-state index < -0.39 is 0 Å². The van der Waals surface area contributed by atoms with E-state index in [0.717, 1.165) is 39.2 Å². The average molecular weight is 229 g/mol.